The molecule has 0 amide bonds. The normalized spacial score (nSPS) is 25.7. The van der Waals surface area contributed by atoms with Crippen molar-refractivity contribution in [1.29, 1.82) is 0 Å². The van der Waals surface area contributed by atoms with E-state index in [1.165, 1.54) is 0 Å². The molecule has 4 nitrogen and oxygen atoms in total. The van der Waals surface area contributed by atoms with E-state index in [-0.39, 0.29) is 23.2 Å². The predicted octanol–water partition coefficient (Wildman–Crippen LogP) is 3.10. The summed E-state index contributed by atoms with van der Waals surface area (Å²) in [5.41, 5.74) is -0.678. The van der Waals surface area contributed by atoms with E-state index in [0.29, 0.717) is 6.61 Å². The smallest absolute Gasteiger partial charge is 0.185 e. The highest BCUT2D eigenvalue weighted by atomic mass is 16.8. The van der Waals surface area contributed by atoms with E-state index < -0.39 is 5.41 Å². The van der Waals surface area contributed by atoms with Crippen LogP contribution in [0.15, 0.2) is 0 Å². The summed E-state index contributed by atoms with van der Waals surface area (Å²) < 4.78 is 12.6. The number of quaternary nitrogens is 1. The van der Waals surface area contributed by atoms with E-state index in [9.17, 15) is 4.79 Å². The molecule has 0 saturated carbocycles. The van der Waals surface area contributed by atoms with E-state index in [1.54, 1.807) is 0 Å². The summed E-state index contributed by atoms with van der Waals surface area (Å²) in [7, 11) is 6.46. The van der Waals surface area contributed by atoms with Crippen LogP contribution in [0.1, 0.15) is 48.0 Å². The van der Waals surface area contributed by atoms with Crippen molar-refractivity contribution in [3.63, 3.8) is 0 Å². The lowest BCUT2D eigenvalue weighted by Crippen LogP contribution is -2.50. The van der Waals surface area contributed by atoms with Crippen molar-refractivity contribution in [2.75, 3.05) is 34.3 Å². The van der Waals surface area contributed by atoms with Gasteiger partial charge in [-0.15, -0.1) is 0 Å². The van der Waals surface area contributed by atoms with E-state index in [0.717, 1.165) is 23.7 Å². The number of hydrogen-bond donors (Lipinski definition) is 0. The van der Waals surface area contributed by atoms with Crippen LogP contribution in [0.2, 0.25) is 0 Å². The zero-order valence-corrected chi connectivity index (χ0v) is 16.0. The molecule has 0 aromatic rings. The second kappa shape index (κ2) is 6.21. The molecule has 3 atom stereocenters. The van der Waals surface area contributed by atoms with Crippen LogP contribution in [-0.4, -0.2) is 57.5 Å². The molecule has 3 unspecified atom stereocenters. The third-order valence-corrected chi connectivity index (χ3v) is 6.05. The van der Waals surface area contributed by atoms with Gasteiger partial charge in [0.25, 0.3) is 0 Å². The van der Waals surface area contributed by atoms with Crippen LogP contribution in [0, 0.1) is 16.2 Å². The maximum atomic E-state index is 11.6. The number of hydrogen-bond acceptors (Lipinski definition) is 3. The van der Waals surface area contributed by atoms with Crippen molar-refractivity contribution >= 4 is 6.29 Å². The highest BCUT2D eigenvalue weighted by molar-refractivity contribution is 5.60. The number of aldehydes is 1. The Bertz CT molecular complexity index is 398. The van der Waals surface area contributed by atoms with Crippen molar-refractivity contribution in [1.82, 2.24) is 0 Å². The van der Waals surface area contributed by atoms with Crippen molar-refractivity contribution in [3.05, 3.63) is 0 Å². The molecule has 1 fully saturated rings. The fourth-order valence-electron chi connectivity index (χ4n) is 3.36. The molecule has 130 valence electrons. The lowest BCUT2D eigenvalue weighted by Gasteiger charge is -2.51. The molecule has 1 rings (SSSR count). The Balaban J connectivity index is 2.73. The summed E-state index contributed by atoms with van der Waals surface area (Å²) in [6.07, 6.45) is 1.95. The SMILES string of the molecule is CCC(C)(C(C)(C)C=O)C(C)(C)C1OC1OCC[N+](C)(C)C. The van der Waals surface area contributed by atoms with Gasteiger partial charge in [0, 0.05) is 10.8 Å². The lowest BCUT2D eigenvalue weighted by molar-refractivity contribution is -0.870. The van der Waals surface area contributed by atoms with Crippen LogP contribution in [0.5, 0.6) is 0 Å². The van der Waals surface area contributed by atoms with Gasteiger partial charge >= 0.3 is 0 Å². The number of likely N-dealkylation sites (N-methyl/N-ethyl adjacent to an activating group) is 1. The molecule has 1 aliphatic rings. The molecular formula is C18H36NO3+. The van der Waals surface area contributed by atoms with Gasteiger partial charge in [-0.05, 0) is 11.8 Å². The molecule has 0 aromatic heterocycles. The van der Waals surface area contributed by atoms with Crippen LogP contribution >= 0.6 is 0 Å². The van der Waals surface area contributed by atoms with E-state index >= 15 is 0 Å². The molecular weight excluding hydrogens is 278 g/mol. The Hall–Kier alpha value is -0.450. The standard InChI is InChI=1S/C18H36NO3/c1-10-18(6,16(2,3)13-20)17(4,5)14-15(22-14)21-12-11-19(7,8)9/h13-15H,10-12H2,1-9H3/q+1. The van der Waals surface area contributed by atoms with Gasteiger partial charge in [0.05, 0.1) is 27.7 Å². The molecule has 0 N–H and O–H groups in total. The van der Waals surface area contributed by atoms with Crippen LogP contribution in [-0.2, 0) is 14.3 Å². The maximum absolute atomic E-state index is 11.6. The van der Waals surface area contributed by atoms with Crippen molar-refractivity contribution in [2.24, 2.45) is 16.2 Å². The second-order valence-corrected chi connectivity index (χ2v) is 9.06. The van der Waals surface area contributed by atoms with Gasteiger partial charge in [0.15, 0.2) is 6.29 Å². The Morgan fingerprint density at radius 2 is 1.68 bits per heavy atom. The van der Waals surface area contributed by atoms with E-state index in [4.69, 9.17) is 9.47 Å². The van der Waals surface area contributed by atoms with Gasteiger partial charge < -0.3 is 18.8 Å². The summed E-state index contributed by atoms with van der Waals surface area (Å²) in [6, 6.07) is 0. The van der Waals surface area contributed by atoms with Crippen LogP contribution < -0.4 is 0 Å². The Morgan fingerprint density at radius 3 is 2.09 bits per heavy atom. The average molecular weight is 314 g/mol. The first-order valence-electron chi connectivity index (χ1n) is 8.36. The number of nitrogens with zero attached hydrogens (tertiary/aromatic N) is 1. The van der Waals surface area contributed by atoms with Gasteiger partial charge in [-0.2, -0.15) is 0 Å². The molecule has 0 spiro atoms. The average Bonchev–Trinajstić information content (AvgIpc) is 3.16. The Morgan fingerprint density at radius 1 is 1.14 bits per heavy atom. The van der Waals surface area contributed by atoms with Gasteiger partial charge in [-0.25, -0.2) is 0 Å². The third-order valence-electron chi connectivity index (χ3n) is 6.05. The zero-order valence-electron chi connectivity index (χ0n) is 16.0. The first-order valence-corrected chi connectivity index (χ1v) is 8.36. The van der Waals surface area contributed by atoms with Gasteiger partial charge in [0.2, 0.25) is 0 Å². The fraction of sp³-hybridized carbons (Fsp3) is 0.944. The Labute approximate surface area is 136 Å². The minimum absolute atomic E-state index is 0.0594. The van der Waals surface area contributed by atoms with Crippen LogP contribution in [0.3, 0.4) is 0 Å². The summed E-state index contributed by atoms with van der Waals surface area (Å²) in [6.45, 7) is 14.5. The molecule has 0 radical (unpaired) electrons. The molecule has 0 bridgehead atoms. The summed E-state index contributed by atoms with van der Waals surface area (Å²) in [4.78, 5) is 11.6. The molecule has 1 aliphatic heterocycles. The highest BCUT2D eigenvalue weighted by Gasteiger charge is 2.61. The van der Waals surface area contributed by atoms with Gasteiger partial charge in [0.1, 0.15) is 18.9 Å². The van der Waals surface area contributed by atoms with Crippen LogP contribution in [0.4, 0.5) is 0 Å². The first kappa shape index (κ1) is 19.6. The summed E-state index contributed by atoms with van der Waals surface area (Å²) in [5.74, 6) is 0. The minimum atomic E-state index is -0.399. The Kier molecular flexibility index (Phi) is 5.54. The van der Waals surface area contributed by atoms with Crippen molar-refractivity contribution < 1.29 is 18.8 Å². The predicted molar refractivity (Wildman–Crippen MR) is 89.5 cm³/mol. The minimum Gasteiger partial charge on any atom is -0.344 e. The molecule has 1 heterocycles. The number of epoxide rings is 1. The molecule has 0 aliphatic carbocycles. The van der Waals surface area contributed by atoms with E-state index in [2.05, 4.69) is 48.8 Å². The largest absolute Gasteiger partial charge is 0.344 e. The second-order valence-electron chi connectivity index (χ2n) is 9.06. The van der Waals surface area contributed by atoms with E-state index in [1.807, 2.05) is 13.8 Å². The number of rotatable bonds is 9. The van der Waals surface area contributed by atoms with Crippen molar-refractivity contribution in [2.45, 2.75) is 60.4 Å². The van der Waals surface area contributed by atoms with Crippen molar-refractivity contribution in [3.8, 4) is 0 Å². The van der Waals surface area contributed by atoms with Gasteiger partial charge in [-0.1, -0.05) is 41.5 Å². The third kappa shape index (κ3) is 3.72. The maximum Gasteiger partial charge on any atom is 0.185 e. The molecule has 22 heavy (non-hydrogen) atoms. The molecule has 4 heteroatoms. The summed E-state index contributed by atoms with van der Waals surface area (Å²) >= 11 is 0. The highest BCUT2D eigenvalue weighted by Crippen LogP contribution is 2.59. The lowest BCUT2D eigenvalue weighted by atomic mass is 9.52. The van der Waals surface area contributed by atoms with Crippen LogP contribution in [0.25, 0.3) is 0 Å². The number of carbonyl (C=O) groups is 1. The zero-order chi connectivity index (χ0) is 17.4. The van der Waals surface area contributed by atoms with Gasteiger partial charge in [-0.3, -0.25) is 0 Å². The number of carbonyl (C=O) groups excluding carboxylic acids is 1. The summed E-state index contributed by atoms with van der Waals surface area (Å²) in [5, 5.41) is 0. The molecule has 1 saturated heterocycles. The molecule has 0 aromatic carbocycles. The monoisotopic (exact) mass is 314 g/mol. The number of ether oxygens (including phenoxy) is 2. The fourth-order valence-corrected chi connectivity index (χ4v) is 3.36. The topological polar surface area (TPSA) is 38.8 Å². The quantitative estimate of drug-likeness (QED) is 0.373. The first-order chi connectivity index (χ1) is 9.82.